The molecule has 8 rings (SSSR count). The zero-order valence-corrected chi connectivity index (χ0v) is 30.9. The van der Waals surface area contributed by atoms with E-state index in [-0.39, 0.29) is 18.4 Å². The van der Waals surface area contributed by atoms with Gasteiger partial charge in [0.2, 0.25) is 32.0 Å². The largest absolute Gasteiger partial charge is 0.461 e. The Morgan fingerprint density at radius 1 is 0.804 bits per heavy atom. The van der Waals surface area contributed by atoms with E-state index < -0.39 is 5.97 Å². The average Bonchev–Trinajstić information content (AvgIpc) is 3.97. The molecule has 0 amide bonds. The number of imidazole rings is 2. The number of rotatable bonds is 9. The molecule has 19 heteroatoms. The number of fused-ring (bicyclic) bond motifs is 2. The van der Waals surface area contributed by atoms with Crippen LogP contribution in [0.4, 0.5) is 10.3 Å². The Labute approximate surface area is 301 Å². The molecular weight excluding hydrogens is 697 g/mol. The van der Waals surface area contributed by atoms with Crippen LogP contribution in [-0.4, -0.2) is 93.3 Å². The number of nitrogens with zero attached hydrogens (tertiary/aromatic N) is 12. The molecule has 0 unspecified atom stereocenters. The van der Waals surface area contributed by atoms with Gasteiger partial charge in [0.15, 0.2) is 17.3 Å². The summed E-state index contributed by atoms with van der Waals surface area (Å²) >= 11 is 3.02. The van der Waals surface area contributed by atoms with Crippen molar-refractivity contribution in [3.05, 3.63) is 47.2 Å². The summed E-state index contributed by atoms with van der Waals surface area (Å²) in [5.74, 6) is 3.82. The van der Waals surface area contributed by atoms with Gasteiger partial charge in [-0.1, -0.05) is 60.7 Å². The highest BCUT2D eigenvalue weighted by molar-refractivity contribution is 7.20. The van der Waals surface area contributed by atoms with Gasteiger partial charge < -0.3 is 28.7 Å². The molecule has 2 aliphatic heterocycles. The first-order chi connectivity index (χ1) is 24.7. The number of esters is 1. The fraction of sp³-hybridized carbons (Fsp3) is 0.594. The Balaban J connectivity index is 0.000000160. The van der Waals surface area contributed by atoms with Crippen molar-refractivity contribution >= 4 is 48.8 Å². The monoisotopic (exact) mass is 738 g/mol. The van der Waals surface area contributed by atoms with Crippen LogP contribution in [0, 0.1) is 0 Å². The van der Waals surface area contributed by atoms with E-state index in [9.17, 15) is 4.79 Å². The van der Waals surface area contributed by atoms with E-state index in [1.807, 2.05) is 0 Å². The van der Waals surface area contributed by atoms with Crippen molar-refractivity contribution in [3.63, 3.8) is 0 Å². The van der Waals surface area contributed by atoms with Gasteiger partial charge in [0, 0.05) is 49.9 Å². The topological polar surface area (TPSA) is 191 Å². The Bertz CT molecular complexity index is 2000. The summed E-state index contributed by atoms with van der Waals surface area (Å²) in [4.78, 5) is 35.5. The number of hydrogen-bond acceptors (Lipinski definition) is 17. The second-order valence-electron chi connectivity index (χ2n) is 13.3. The van der Waals surface area contributed by atoms with Crippen LogP contribution in [0.25, 0.3) is 9.92 Å². The van der Waals surface area contributed by atoms with Gasteiger partial charge in [0.1, 0.15) is 0 Å². The highest BCUT2D eigenvalue weighted by Gasteiger charge is 2.29. The van der Waals surface area contributed by atoms with E-state index in [1.165, 1.54) is 11.3 Å². The normalized spacial score (nSPS) is 16.2. The van der Waals surface area contributed by atoms with Crippen molar-refractivity contribution in [1.82, 2.24) is 49.5 Å². The molecule has 0 saturated carbocycles. The van der Waals surface area contributed by atoms with Crippen LogP contribution in [0.3, 0.4) is 0 Å². The number of aliphatic hydroxyl groups is 1. The maximum absolute atomic E-state index is 11.8. The first kappa shape index (κ1) is 34.9. The van der Waals surface area contributed by atoms with Gasteiger partial charge >= 0.3 is 5.97 Å². The fourth-order valence-electron chi connectivity index (χ4n) is 5.99. The van der Waals surface area contributed by atoms with E-state index in [0.29, 0.717) is 34.8 Å². The third kappa shape index (κ3) is 7.59. The average molecular weight is 739 g/mol. The van der Waals surface area contributed by atoms with Crippen LogP contribution in [-0.2, 0) is 11.3 Å². The van der Waals surface area contributed by atoms with Crippen LogP contribution < -0.4 is 9.80 Å². The SMILES string of the molecule is CC(C)c1noc(C2CCN(c3nn4cc(CO)nc4s3)CC2)n1.CCOC(=O)c1cn2nc(N3CCC(c4nc(C(C)C)no4)CC3)sc2n1. The molecule has 8 heterocycles. The molecule has 0 aliphatic carbocycles. The van der Waals surface area contributed by atoms with Crippen molar-refractivity contribution < 1.29 is 23.7 Å². The molecule has 272 valence electrons. The minimum absolute atomic E-state index is 0.0562. The number of carbonyl (C=O) groups excluding carboxylic acids is 1. The van der Waals surface area contributed by atoms with Gasteiger partial charge in [-0.25, -0.2) is 23.8 Å². The zero-order chi connectivity index (χ0) is 35.6. The highest BCUT2D eigenvalue weighted by atomic mass is 32.1. The number of anilines is 2. The smallest absolute Gasteiger partial charge is 0.358 e. The van der Waals surface area contributed by atoms with Crippen molar-refractivity contribution in [2.24, 2.45) is 0 Å². The molecule has 6 aromatic rings. The Morgan fingerprint density at radius 3 is 1.71 bits per heavy atom. The molecule has 17 nitrogen and oxygen atoms in total. The zero-order valence-electron chi connectivity index (χ0n) is 29.3. The van der Waals surface area contributed by atoms with E-state index in [1.54, 1.807) is 39.7 Å². The lowest BCUT2D eigenvalue weighted by molar-refractivity contribution is 0.0520. The van der Waals surface area contributed by atoms with E-state index in [0.717, 1.165) is 90.5 Å². The van der Waals surface area contributed by atoms with E-state index in [4.69, 9.17) is 18.9 Å². The number of ether oxygens (including phenoxy) is 1. The van der Waals surface area contributed by atoms with Gasteiger partial charge in [-0.3, -0.25) is 0 Å². The lowest BCUT2D eigenvalue weighted by atomic mass is 9.97. The Hall–Kier alpha value is -4.49. The van der Waals surface area contributed by atoms with Crippen molar-refractivity contribution in [1.29, 1.82) is 0 Å². The molecule has 0 atom stereocenters. The summed E-state index contributed by atoms with van der Waals surface area (Å²) in [7, 11) is 0. The molecule has 0 aromatic carbocycles. The molecule has 2 fully saturated rings. The first-order valence-electron chi connectivity index (χ1n) is 17.3. The predicted molar refractivity (Wildman–Crippen MR) is 189 cm³/mol. The summed E-state index contributed by atoms with van der Waals surface area (Å²) in [6, 6.07) is 0. The minimum atomic E-state index is -0.419. The number of carbonyl (C=O) groups is 1. The summed E-state index contributed by atoms with van der Waals surface area (Å²) in [5.41, 5.74) is 0.939. The predicted octanol–water partition coefficient (Wildman–Crippen LogP) is 5.03. The van der Waals surface area contributed by atoms with Crippen LogP contribution in [0.2, 0.25) is 0 Å². The first-order valence-corrected chi connectivity index (χ1v) is 19.0. The third-order valence-corrected chi connectivity index (χ3v) is 10.9. The van der Waals surface area contributed by atoms with Crippen molar-refractivity contribution in [2.75, 3.05) is 42.6 Å². The summed E-state index contributed by atoms with van der Waals surface area (Å²) < 4.78 is 19.2. The maximum atomic E-state index is 11.8. The number of hydrogen-bond donors (Lipinski definition) is 1. The molecule has 2 saturated heterocycles. The highest BCUT2D eigenvalue weighted by Crippen LogP contribution is 2.34. The van der Waals surface area contributed by atoms with Gasteiger partial charge in [0.25, 0.3) is 0 Å². The van der Waals surface area contributed by atoms with Gasteiger partial charge in [0.05, 0.1) is 31.3 Å². The van der Waals surface area contributed by atoms with Gasteiger partial charge in [-0.05, 0) is 32.6 Å². The lowest BCUT2D eigenvalue weighted by Gasteiger charge is -2.29. The van der Waals surface area contributed by atoms with E-state index in [2.05, 4.69) is 77.9 Å². The standard InChI is InChI=1S/C17H22N6O3S.C15H20N6O2S/c1-4-25-15(24)12-9-23-16(18-12)27-17(20-23)22-7-5-11(6-8-22)14-19-13(10(2)3)21-26-14;1-9(2)12-17-13(23-19-12)10-3-5-20(6-4-10)15-18-21-7-11(8-22)16-14(21)24-15/h9-11H,4-8H2,1-3H3;7,9-10,22H,3-6,8H2,1-2H3. The number of aliphatic hydroxyl groups excluding tert-OH is 1. The third-order valence-electron chi connectivity index (χ3n) is 8.94. The summed E-state index contributed by atoms with van der Waals surface area (Å²) in [5, 5.41) is 28.2. The molecule has 0 bridgehead atoms. The Morgan fingerprint density at radius 2 is 1.29 bits per heavy atom. The Kier molecular flexibility index (Phi) is 10.3. The molecule has 6 aromatic heterocycles. The summed E-state index contributed by atoms with van der Waals surface area (Å²) in [6.45, 7) is 13.9. The fourth-order valence-corrected chi connectivity index (χ4v) is 7.88. The molecule has 2 aliphatic rings. The molecule has 51 heavy (non-hydrogen) atoms. The second kappa shape index (κ2) is 15.0. The molecular formula is C32H42N12O5S2. The van der Waals surface area contributed by atoms with Crippen LogP contribution in [0.15, 0.2) is 21.4 Å². The van der Waals surface area contributed by atoms with Gasteiger partial charge in [-0.15, -0.1) is 10.2 Å². The summed E-state index contributed by atoms with van der Waals surface area (Å²) in [6.07, 6.45) is 7.22. The minimum Gasteiger partial charge on any atom is -0.461 e. The maximum Gasteiger partial charge on any atom is 0.358 e. The molecule has 1 N–H and O–H groups in total. The van der Waals surface area contributed by atoms with Gasteiger partial charge in [-0.2, -0.15) is 9.97 Å². The van der Waals surface area contributed by atoms with Crippen molar-refractivity contribution in [3.8, 4) is 0 Å². The van der Waals surface area contributed by atoms with E-state index >= 15 is 0 Å². The number of aromatic nitrogens is 10. The van der Waals surface area contributed by atoms with Crippen LogP contribution in [0.1, 0.15) is 124 Å². The van der Waals surface area contributed by atoms with Crippen LogP contribution >= 0.6 is 22.7 Å². The second-order valence-corrected chi connectivity index (χ2v) is 15.1. The molecule has 0 radical (unpaired) electrons. The lowest BCUT2D eigenvalue weighted by Crippen LogP contribution is -2.33. The van der Waals surface area contributed by atoms with Crippen LogP contribution in [0.5, 0.6) is 0 Å². The number of piperidine rings is 2. The van der Waals surface area contributed by atoms with Crippen molar-refractivity contribution in [2.45, 2.75) is 90.6 Å². The quantitative estimate of drug-likeness (QED) is 0.194. The molecule has 0 spiro atoms.